The van der Waals surface area contributed by atoms with Crippen LogP contribution in [0.25, 0.3) is 0 Å². The summed E-state index contributed by atoms with van der Waals surface area (Å²) in [5.74, 6) is -0.0784. The highest BCUT2D eigenvalue weighted by Gasteiger charge is 2.24. The molecule has 1 fully saturated rings. The molecule has 1 rings (SSSR count). The number of likely N-dealkylation sites (N-methyl/N-ethyl adjacent to an activating group) is 1. The predicted molar refractivity (Wildman–Crippen MR) is 60.7 cm³/mol. The zero-order chi connectivity index (χ0) is 12.3. The number of carbonyl (C=O) groups is 2. The Kier molecular flexibility index (Phi) is 4.10. The topological polar surface area (TPSA) is 46.6 Å². The van der Waals surface area contributed by atoms with E-state index in [4.69, 9.17) is 4.74 Å². The van der Waals surface area contributed by atoms with Crippen LogP contribution < -0.4 is 0 Å². The lowest BCUT2D eigenvalue weighted by Crippen LogP contribution is -2.34. The predicted octanol–water partition coefficient (Wildman–Crippen LogP) is 1.36. The second kappa shape index (κ2) is 5.14. The monoisotopic (exact) mass is 225 g/mol. The van der Waals surface area contributed by atoms with E-state index >= 15 is 0 Å². The fourth-order valence-electron chi connectivity index (χ4n) is 1.46. The van der Waals surface area contributed by atoms with E-state index in [0.717, 1.165) is 18.4 Å². The van der Waals surface area contributed by atoms with E-state index in [1.807, 2.05) is 6.92 Å². The lowest BCUT2D eigenvalue weighted by molar-refractivity contribution is -0.153. The molecule has 16 heavy (non-hydrogen) atoms. The Morgan fingerprint density at radius 2 is 1.94 bits per heavy atom. The summed E-state index contributed by atoms with van der Waals surface area (Å²) in [5.41, 5.74) is 1.05. The van der Waals surface area contributed by atoms with Crippen LogP contribution in [0, 0.1) is 5.92 Å². The van der Waals surface area contributed by atoms with Crippen molar-refractivity contribution < 1.29 is 14.3 Å². The molecule has 1 aliphatic carbocycles. The molecule has 0 aromatic heterocycles. The zero-order valence-corrected chi connectivity index (χ0v) is 10.3. The third-order valence-electron chi connectivity index (χ3n) is 2.65. The lowest BCUT2D eigenvalue weighted by atomic mass is 10.2. The Hall–Kier alpha value is -1.32. The molecule has 1 saturated carbocycles. The summed E-state index contributed by atoms with van der Waals surface area (Å²) in [6.45, 7) is 3.51. The first-order valence-electron chi connectivity index (χ1n) is 5.51. The molecule has 90 valence electrons. The van der Waals surface area contributed by atoms with E-state index in [2.05, 4.69) is 0 Å². The minimum atomic E-state index is -0.717. The summed E-state index contributed by atoms with van der Waals surface area (Å²) in [6, 6.07) is 0. The second-order valence-electron chi connectivity index (χ2n) is 4.47. The van der Waals surface area contributed by atoms with Crippen molar-refractivity contribution >= 4 is 11.9 Å². The van der Waals surface area contributed by atoms with Crippen LogP contribution in [-0.2, 0) is 14.3 Å². The standard InChI is InChI=1S/C12H19NO3/c1-8(10-5-6-10)7-11(14)16-9(2)12(15)13(3)4/h7,9-10H,5-6H2,1-4H3/b8-7+. The molecule has 0 N–H and O–H groups in total. The molecule has 1 atom stereocenters. The molecule has 4 heteroatoms. The van der Waals surface area contributed by atoms with Gasteiger partial charge in [0.25, 0.3) is 5.91 Å². The third-order valence-corrected chi connectivity index (χ3v) is 2.65. The van der Waals surface area contributed by atoms with Crippen LogP contribution in [0.4, 0.5) is 0 Å². The number of carbonyl (C=O) groups excluding carboxylic acids is 2. The van der Waals surface area contributed by atoms with Crippen LogP contribution in [0.1, 0.15) is 26.7 Å². The summed E-state index contributed by atoms with van der Waals surface area (Å²) in [4.78, 5) is 24.3. The Bertz CT molecular complexity index is 316. The summed E-state index contributed by atoms with van der Waals surface area (Å²) in [7, 11) is 3.27. The van der Waals surface area contributed by atoms with Gasteiger partial charge in [0, 0.05) is 20.2 Å². The molecule has 0 aromatic rings. The normalized spacial score (nSPS) is 17.9. The van der Waals surface area contributed by atoms with Gasteiger partial charge in [-0.1, -0.05) is 5.57 Å². The Morgan fingerprint density at radius 3 is 2.38 bits per heavy atom. The molecule has 0 aromatic carbocycles. The van der Waals surface area contributed by atoms with E-state index in [1.165, 1.54) is 11.0 Å². The number of rotatable bonds is 4. The maximum atomic E-state index is 11.5. The van der Waals surface area contributed by atoms with E-state index in [0.29, 0.717) is 5.92 Å². The number of hydrogen-bond donors (Lipinski definition) is 0. The number of amides is 1. The SMILES string of the molecule is C/C(=C\C(=O)OC(C)C(=O)N(C)C)C1CC1. The molecule has 0 radical (unpaired) electrons. The first kappa shape index (κ1) is 12.7. The second-order valence-corrected chi connectivity index (χ2v) is 4.47. The van der Waals surface area contributed by atoms with Crippen molar-refractivity contribution in [3.05, 3.63) is 11.6 Å². The van der Waals surface area contributed by atoms with Crippen molar-refractivity contribution in [1.82, 2.24) is 4.90 Å². The molecular weight excluding hydrogens is 206 g/mol. The van der Waals surface area contributed by atoms with Crippen molar-refractivity contribution in [2.24, 2.45) is 5.92 Å². The highest BCUT2D eigenvalue weighted by atomic mass is 16.5. The van der Waals surface area contributed by atoms with Gasteiger partial charge >= 0.3 is 5.97 Å². The number of esters is 1. The van der Waals surface area contributed by atoms with Crippen molar-refractivity contribution in [2.75, 3.05) is 14.1 Å². The van der Waals surface area contributed by atoms with Crippen molar-refractivity contribution in [3.8, 4) is 0 Å². The van der Waals surface area contributed by atoms with Gasteiger partial charge in [0.15, 0.2) is 6.10 Å². The number of allylic oxidation sites excluding steroid dienone is 1. The molecule has 1 aliphatic rings. The van der Waals surface area contributed by atoms with Gasteiger partial charge in [-0.2, -0.15) is 0 Å². The average molecular weight is 225 g/mol. The van der Waals surface area contributed by atoms with Crippen molar-refractivity contribution in [2.45, 2.75) is 32.8 Å². The minimum Gasteiger partial charge on any atom is -0.449 e. The zero-order valence-electron chi connectivity index (χ0n) is 10.3. The fraction of sp³-hybridized carbons (Fsp3) is 0.667. The van der Waals surface area contributed by atoms with Gasteiger partial charge in [-0.3, -0.25) is 4.79 Å². The van der Waals surface area contributed by atoms with E-state index in [1.54, 1.807) is 21.0 Å². The fourth-order valence-corrected chi connectivity index (χ4v) is 1.46. The van der Waals surface area contributed by atoms with Gasteiger partial charge in [-0.05, 0) is 32.6 Å². The number of nitrogens with zero attached hydrogens (tertiary/aromatic N) is 1. The van der Waals surface area contributed by atoms with Gasteiger partial charge in [0.1, 0.15) is 0 Å². The smallest absolute Gasteiger partial charge is 0.331 e. The van der Waals surface area contributed by atoms with Gasteiger partial charge in [-0.15, -0.1) is 0 Å². The Balaban J connectivity index is 2.44. The minimum absolute atomic E-state index is 0.203. The van der Waals surface area contributed by atoms with Crippen LogP contribution >= 0.6 is 0 Å². The van der Waals surface area contributed by atoms with Crippen molar-refractivity contribution in [3.63, 3.8) is 0 Å². The summed E-state index contributed by atoms with van der Waals surface area (Å²) in [6.07, 6.45) is 3.09. The van der Waals surface area contributed by atoms with Gasteiger partial charge in [0.05, 0.1) is 0 Å². The van der Waals surface area contributed by atoms with Gasteiger partial charge in [-0.25, -0.2) is 4.79 Å². The maximum absolute atomic E-state index is 11.5. The van der Waals surface area contributed by atoms with Crippen LogP contribution in [0.2, 0.25) is 0 Å². The highest BCUT2D eigenvalue weighted by Crippen LogP contribution is 2.35. The quantitative estimate of drug-likeness (QED) is 0.536. The van der Waals surface area contributed by atoms with E-state index in [-0.39, 0.29) is 5.91 Å². The Labute approximate surface area is 96.3 Å². The van der Waals surface area contributed by atoms with Gasteiger partial charge in [0.2, 0.25) is 0 Å². The van der Waals surface area contributed by atoms with Crippen LogP contribution in [0.15, 0.2) is 11.6 Å². The van der Waals surface area contributed by atoms with Gasteiger partial charge < -0.3 is 9.64 Å². The maximum Gasteiger partial charge on any atom is 0.331 e. The van der Waals surface area contributed by atoms with Crippen LogP contribution in [0.5, 0.6) is 0 Å². The molecule has 4 nitrogen and oxygen atoms in total. The Morgan fingerprint density at radius 1 is 1.38 bits per heavy atom. The molecule has 1 unspecified atom stereocenters. The van der Waals surface area contributed by atoms with Crippen LogP contribution in [-0.4, -0.2) is 37.0 Å². The van der Waals surface area contributed by atoms with Crippen LogP contribution in [0.3, 0.4) is 0 Å². The molecular formula is C12H19NO3. The first-order valence-corrected chi connectivity index (χ1v) is 5.51. The van der Waals surface area contributed by atoms with E-state index < -0.39 is 12.1 Å². The van der Waals surface area contributed by atoms with E-state index in [9.17, 15) is 9.59 Å². The summed E-state index contributed by atoms with van der Waals surface area (Å²) < 4.78 is 5.02. The summed E-state index contributed by atoms with van der Waals surface area (Å²) >= 11 is 0. The molecule has 1 amide bonds. The average Bonchev–Trinajstić information content (AvgIpc) is 2.98. The number of hydrogen-bond acceptors (Lipinski definition) is 3. The number of ether oxygens (including phenoxy) is 1. The lowest BCUT2D eigenvalue weighted by Gasteiger charge is -2.16. The van der Waals surface area contributed by atoms with Crippen molar-refractivity contribution in [1.29, 1.82) is 0 Å². The highest BCUT2D eigenvalue weighted by molar-refractivity contribution is 5.87. The first-order chi connectivity index (χ1) is 7.41. The third kappa shape index (κ3) is 3.68. The molecule has 0 aliphatic heterocycles. The summed E-state index contributed by atoms with van der Waals surface area (Å²) in [5, 5.41) is 0. The largest absolute Gasteiger partial charge is 0.449 e. The molecule has 0 bridgehead atoms. The molecule has 0 spiro atoms. The molecule has 0 saturated heterocycles. The molecule has 0 heterocycles.